The summed E-state index contributed by atoms with van der Waals surface area (Å²) in [6, 6.07) is 0. The van der Waals surface area contributed by atoms with E-state index in [9.17, 15) is 14.4 Å². The highest BCUT2D eigenvalue weighted by Gasteiger charge is 2.06. The molecule has 0 aliphatic rings. The second-order valence-electron chi connectivity index (χ2n) is 9.73. The molecule has 0 aliphatic carbocycles. The van der Waals surface area contributed by atoms with Gasteiger partial charge in [-0.25, -0.2) is 0 Å². The number of rotatable bonds is 28. The number of carbonyl (C=O) groups is 3. The van der Waals surface area contributed by atoms with Gasteiger partial charge in [0.05, 0.1) is 19.8 Å². The van der Waals surface area contributed by atoms with Crippen LogP contribution in [0.1, 0.15) is 122 Å². The van der Waals surface area contributed by atoms with Gasteiger partial charge in [-0.3, -0.25) is 9.59 Å². The lowest BCUT2D eigenvalue weighted by Crippen LogP contribution is -2.27. The summed E-state index contributed by atoms with van der Waals surface area (Å²) in [4.78, 5) is 32.4. The number of hydrogen-bond acceptors (Lipinski definition) is 5. The number of carboxylic acid groups (broad SMARTS) is 1. The summed E-state index contributed by atoms with van der Waals surface area (Å²) in [5.41, 5.74) is 0. The van der Waals surface area contributed by atoms with Crippen molar-refractivity contribution in [2.24, 2.45) is 5.92 Å². The van der Waals surface area contributed by atoms with Gasteiger partial charge in [0.15, 0.2) is 0 Å². The highest BCUT2D eigenvalue weighted by molar-refractivity contribution is 5.75. The number of unbranched alkanes of at least 4 members (excludes halogenated alkanes) is 13. The molecule has 0 fully saturated rings. The molecule has 0 spiro atoms. The van der Waals surface area contributed by atoms with Crippen LogP contribution in [0.4, 0.5) is 0 Å². The second-order valence-corrected chi connectivity index (χ2v) is 9.73. The summed E-state index contributed by atoms with van der Waals surface area (Å²) in [5, 5.41) is 11.5. The van der Waals surface area contributed by atoms with E-state index in [2.05, 4.69) is 12.2 Å². The Morgan fingerprint density at radius 3 is 1.77 bits per heavy atom. The number of carboxylic acids is 1. The molecule has 0 heterocycles. The van der Waals surface area contributed by atoms with E-state index in [0.29, 0.717) is 51.4 Å². The Kier molecular flexibility index (Phi) is 26.0. The van der Waals surface area contributed by atoms with E-state index in [1.165, 1.54) is 83.5 Å². The zero-order valence-corrected chi connectivity index (χ0v) is 22.4. The van der Waals surface area contributed by atoms with Gasteiger partial charge in [-0.1, -0.05) is 96.8 Å². The highest BCUT2D eigenvalue weighted by Crippen LogP contribution is 2.17. The van der Waals surface area contributed by atoms with Crippen LogP contribution in [-0.2, 0) is 23.9 Å². The minimum atomic E-state index is -0.674. The first-order chi connectivity index (χ1) is 17.1. The van der Waals surface area contributed by atoms with E-state index < -0.39 is 5.97 Å². The normalized spacial score (nSPS) is 11.9. The maximum atomic E-state index is 11.9. The van der Waals surface area contributed by atoms with E-state index in [1.54, 1.807) is 0 Å². The monoisotopic (exact) mass is 499 g/mol. The molecule has 1 unspecified atom stereocenters. The summed E-state index contributed by atoms with van der Waals surface area (Å²) in [6.07, 6.45) is 21.3. The van der Waals surface area contributed by atoms with Crippen molar-refractivity contribution >= 4 is 18.2 Å². The van der Waals surface area contributed by atoms with Crippen LogP contribution in [0.25, 0.3) is 0 Å². The largest absolute Gasteiger partial charge is 0.481 e. The Balaban J connectivity index is 3.27. The molecule has 0 aromatic rings. The lowest BCUT2D eigenvalue weighted by atomic mass is 9.97. The molecule has 0 saturated carbocycles. The molecule has 35 heavy (non-hydrogen) atoms. The fraction of sp³-hybridized carbons (Fsp3) is 0.893. The Hall–Kier alpha value is -1.47. The van der Waals surface area contributed by atoms with Crippen LogP contribution in [0.2, 0.25) is 0 Å². The van der Waals surface area contributed by atoms with E-state index >= 15 is 0 Å². The zero-order valence-electron chi connectivity index (χ0n) is 22.4. The van der Waals surface area contributed by atoms with Crippen LogP contribution in [0.3, 0.4) is 0 Å². The van der Waals surface area contributed by atoms with Crippen molar-refractivity contribution in [2.45, 2.75) is 122 Å². The van der Waals surface area contributed by atoms with Crippen molar-refractivity contribution in [3.8, 4) is 0 Å². The maximum Gasteiger partial charge on any atom is 0.303 e. The van der Waals surface area contributed by atoms with Crippen molar-refractivity contribution in [1.82, 2.24) is 5.32 Å². The first-order valence-electron chi connectivity index (χ1n) is 14.1. The van der Waals surface area contributed by atoms with Crippen LogP contribution in [0, 0.1) is 5.92 Å². The van der Waals surface area contributed by atoms with Gasteiger partial charge in [0.1, 0.15) is 12.9 Å². The number of ether oxygens (including phenoxy) is 2. The van der Waals surface area contributed by atoms with Gasteiger partial charge in [0.2, 0.25) is 5.91 Å². The van der Waals surface area contributed by atoms with Gasteiger partial charge < -0.3 is 24.7 Å². The minimum absolute atomic E-state index is 0.0911. The summed E-state index contributed by atoms with van der Waals surface area (Å²) in [7, 11) is 0. The van der Waals surface area contributed by atoms with E-state index in [1.807, 2.05) is 0 Å². The van der Waals surface area contributed by atoms with Gasteiger partial charge in [-0.2, -0.15) is 0 Å². The molecule has 0 saturated heterocycles. The van der Waals surface area contributed by atoms with Crippen LogP contribution in [0.15, 0.2) is 0 Å². The molecule has 0 aromatic heterocycles. The molecule has 0 aliphatic heterocycles. The quantitative estimate of drug-likeness (QED) is 0.0999. The average molecular weight is 500 g/mol. The topological polar surface area (TPSA) is 102 Å². The van der Waals surface area contributed by atoms with Crippen molar-refractivity contribution in [1.29, 1.82) is 0 Å². The van der Waals surface area contributed by atoms with Gasteiger partial charge in [0, 0.05) is 19.4 Å². The Bertz CT molecular complexity index is 500. The molecule has 0 bridgehead atoms. The first kappa shape index (κ1) is 33.5. The first-order valence-corrected chi connectivity index (χ1v) is 14.1. The Morgan fingerprint density at radius 1 is 0.714 bits per heavy atom. The molecule has 0 radical (unpaired) electrons. The van der Waals surface area contributed by atoms with Crippen molar-refractivity contribution in [3.63, 3.8) is 0 Å². The number of nitrogens with one attached hydrogen (secondary N) is 1. The fourth-order valence-electron chi connectivity index (χ4n) is 4.11. The average Bonchev–Trinajstić information content (AvgIpc) is 2.83. The zero-order chi connectivity index (χ0) is 25.8. The lowest BCUT2D eigenvalue weighted by Gasteiger charge is -2.11. The minimum Gasteiger partial charge on any atom is -0.481 e. The highest BCUT2D eigenvalue weighted by atomic mass is 16.5. The third-order valence-electron chi connectivity index (χ3n) is 6.33. The molecule has 0 aromatic carbocycles. The smallest absolute Gasteiger partial charge is 0.303 e. The Morgan fingerprint density at radius 2 is 1.23 bits per heavy atom. The van der Waals surface area contributed by atoms with Gasteiger partial charge >= 0.3 is 5.97 Å². The van der Waals surface area contributed by atoms with Crippen molar-refractivity contribution in [3.05, 3.63) is 0 Å². The third kappa shape index (κ3) is 28.7. The molecular weight excluding hydrogens is 446 g/mol. The van der Waals surface area contributed by atoms with E-state index in [0.717, 1.165) is 19.3 Å². The molecule has 7 nitrogen and oxygen atoms in total. The summed E-state index contributed by atoms with van der Waals surface area (Å²) in [5.74, 6) is 0.00457. The molecule has 2 N–H and O–H groups in total. The molecule has 1 amide bonds. The summed E-state index contributed by atoms with van der Waals surface area (Å²) < 4.78 is 10.3. The summed E-state index contributed by atoms with van der Waals surface area (Å²) in [6.45, 7) is 4.14. The SMILES string of the molecule is CC(CCCCCCCCCCCCCCCCC(=O)O)CCC(=O)NCCOCCOCC=O. The van der Waals surface area contributed by atoms with Crippen molar-refractivity contribution < 1.29 is 29.0 Å². The number of amides is 1. The molecule has 0 rings (SSSR count). The molecule has 206 valence electrons. The van der Waals surface area contributed by atoms with Crippen LogP contribution in [0.5, 0.6) is 0 Å². The van der Waals surface area contributed by atoms with E-state index in [-0.39, 0.29) is 12.5 Å². The van der Waals surface area contributed by atoms with E-state index in [4.69, 9.17) is 14.6 Å². The van der Waals surface area contributed by atoms with Crippen LogP contribution < -0.4 is 5.32 Å². The van der Waals surface area contributed by atoms with Crippen LogP contribution in [-0.4, -0.2) is 56.2 Å². The number of carbonyl (C=O) groups excluding carboxylic acids is 2. The third-order valence-corrected chi connectivity index (χ3v) is 6.33. The van der Waals surface area contributed by atoms with Crippen molar-refractivity contribution in [2.75, 3.05) is 33.0 Å². The molecule has 7 heteroatoms. The number of aliphatic carboxylic acids is 1. The predicted molar refractivity (Wildman–Crippen MR) is 141 cm³/mol. The fourth-order valence-corrected chi connectivity index (χ4v) is 4.11. The predicted octanol–water partition coefficient (Wildman–Crippen LogP) is 6.08. The van der Waals surface area contributed by atoms with Gasteiger partial charge in [0.25, 0.3) is 0 Å². The van der Waals surface area contributed by atoms with Crippen LogP contribution >= 0.6 is 0 Å². The number of hydrogen-bond donors (Lipinski definition) is 2. The van der Waals surface area contributed by atoms with Gasteiger partial charge in [-0.05, 0) is 18.8 Å². The number of aldehydes is 1. The van der Waals surface area contributed by atoms with Gasteiger partial charge in [-0.15, -0.1) is 0 Å². The maximum absolute atomic E-state index is 11.9. The molecule has 1 atom stereocenters. The standard InChI is InChI=1S/C28H53NO6/c1-26(18-19-27(31)29-20-22-34-24-25-35-23-21-30)16-14-12-10-8-6-4-2-3-5-7-9-11-13-15-17-28(32)33/h21,26H,2-20,22-25H2,1H3,(H,29,31)(H,32,33). The lowest BCUT2D eigenvalue weighted by molar-refractivity contribution is -0.137. The molecular formula is C28H53NO6. The summed E-state index contributed by atoms with van der Waals surface area (Å²) >= 11 is 0. The Labute approximate surface area is 214 Å². The second kappa shape index (κ2) is 27.1.